The topological polar surface area (TPSA) is 34.4 Å². The summed E-state index contributed by atoms with van der Waals surface area (Å²) in [5.74, 6) is -0.290. The van der Waals surface area contributed by atoms with E-state index in [0.717, 1.165) is 15.8 Å². The molecule has 122 valence electrons. The lowest BCUT2D eigenvalue weighted by Crippen LogP contribution is -2.16. The molecule has 0 aliphatic heterocycles. The Kier molecular flexibility index (Phi) is 4.90. The number of carbonyl (C=O) groups is 1. The molecule has 1 aromatic heterocycles. The van der Waals surface area contributed by atoms with Gasteiger partial charge in [-0.1, -0.05) is 58.3 Å². The van der Waals surface area contributed by atoms with Crippen molar-refractivity contribution >= 4 is 50.7 Å². The first kappa shape index (κ1) is 17.0. The van der Waals surface area contributed by atoms with E-state index in [9.17, 15) is 4.79 Å². The molecular weight excluding hydrogens is 363 g/mol. The molecule has 0 N–H and O–H groups in total. The SMILES string of the molecule is C=CCn1c(=NC(=O)c2ccc(C)cc2)sc2ccc(Cl)c(Cl)c21. The van der Waals surface area contributed by atoms with E-state index in [2.05, 4.69) is 11.6 Å². The average Bonchev–Trinajstić information content (AvgIpc) is 2.90. The normalized spacial score (nSPS) is 11.9. The maximum absolute atomic E-state index is 12.5. The summed E-state index contributed by atoms with van der Waals surface area (Å²) < 4.78 is 2.77. The number of hydrogen-bond acceptors (Lipinski definition) is 2. The van der Waals surface area contributed by atoms with E-state index in [0.29, 0.717) is 27.0 Å². The molecule has 0 bridgehead atoms. The van der Waals surface area contributed by atoms with Gasteiger partial charge in [0.15, 0.2) is 4.80 Å². The summed E-state index contributed by atoms with van der Waals surface area (Å²) in [5, 5.41) is 0.924. The van der Waals surface area contributed by atoms with Crippen LogP contribution in [-0.2, 0) is 6.54 Å². The number of fused-ring (bicyclic) bond motifs is 1. The molecule has 0 atom stereocenters. The minimum Gasteiger partial charge on any atom is -0.311 e. The number of thiazole rings is 1. The van der Waals surface area contributed by atoms with Crippen molar-refractivity contribution in [2.75, 3.05) is 0 Å². The fraction of sp³-hybridized carbons (Fsp3) is 0.111. The molecule has 0 unspecified atom stereocenters. The number of aryl methyl sites for hydroxylation is 1. The highest BCUT2D eigenvalue weighted by molar-refractivity contribution is 7.16. The van der Waals surface area contributed by atoms with E-state index in [4.69, 9.17) is 23.2 Å². The van der Waals surface area contributed by atoms with Crippen molar-refractivity contribution in [1.29, 1.82) is 0 Å². The number of carbonyl (C=O) groups excluding carboxylic acids is 1. The third kappa shape index (κ3) is 3.18. The van der Waals surface area contributed by atoms with Crippen LogP contribution in [0.1, 0.15) is 15.9 Å². The zero-order valence-corrected chi connectivity index (χ0v) is 15.3. The molecule has 0 spiro atoms. The number of rotatable bonds is 3. The molecule has 0 radical (unpaired) electrons. The molecule has 0 fully saturated rings. The molecule has 3 nitrogen and oxygen atoms in total. The van der Waals surface area contributed by atoms with Crippen LogP contribution >= 0.6 is 34.5 Å². The van der Waals surface area contributed by atoms with Crippen LogP contribution < -0.4 is 4.80 Å². The highest BCUT2D eigenvalue weighted by Gasteiger charge is 2.13. The van der Waals surface area contributed by atoms with Gasteiger partial charge in [0.05, 0.1) is 20.3 Å². The van der Waals surface area contributed by atoms with Crippen LogP contribution in [-0.4, -0.2) is 10.5 Å². The van der Waals surface area contributed by atoms with Crippen LogP contribution in [0.25, 0.3) is 10.2 Å². The Morgan fingerprint density at radius 2 is 1.96 bits per heavy atom. The second-order valence-electron chi connectivity index (χ2n) is 5.28. The standard InChI is InChI=1S/C18H14Cl2N2OS/c1-3-10-22-16-14(9-8-13(19)15(16)20)24-18(22)21-17(23)12-6-4-11(2)5-7-12/h3-9H,1,10H2,2H3. The van der Waals surface area contributed by atoms with E-state index in [1.807, 2.05) is 29.7 Å². The van der Waals surface area contributed by atoms with Gasteiger partial charge < -0.3 is 4.57 Å². The number of nitrogens with zero attached hydrogens (tertiary/aromatic N) is 2. The number of amides is 1. The molecule has 2 aromatic carbocycles. The van der Waals surface area contributed by atoms with E-state index in [1.54, 1.807) is 24.3 Å². The van der Waals surface area contributed by atoms with Crippen LogP contribution in [0.4, 0.5) is 0 Å². The molecule has 1 amide bonds. The summed E-state index contributed by atoms with van der Waals surface area (Å²) in [6.45, 7) is 6.22. The molecule has 6 heteroatoms. The van der Waals surface area contributed by atoms with Gasteiger partial charge in [-0.3, -0.25) is 4.79 Å². The fourth-order valence-corrected chi connectivity index (χ4v) is 3.86. The smallest absolute Gasteiger partial charge is 0.279 e. The second-order valence-corrected chi connectivity index (χ2v) is 7.07. The van der Waals surface area contributed by atoms with Crippen LogP contribution in [0, 0.1) is 6.92 Å². The molecule has 3 aromatic rings. The van der Waals surface area contributed by atoms with Crippen LogP contribution in [0.15, 0.2) is 54.0 Å². The number of aromatic nitrogens is 1. The largest absolute Gasteiger partial charge is 0.311 e. The highest BCUT2D eigenvalue weighted by Crippen LogP contribution is 2.32. The predicted molar refractivity (Wildman–Crippen MR) is 101 cm³/mol. The Hall–Kier alpha value is -1.88. The lowest BCUT2D eigenvalue weighted by molar-refractivity contribution is 0.0998. The van der Waals surface area contributed by atoms with Crippen LogP contribution in [0.3, 0.4) is 0 Å². The zero-order chi connectivity index (χ0) is 17.3. The van der Waals surface area contributed by atoms with Gasteiger partial charge in [0.25, 0.3) is 5.91 Å². The van der Waals surface area contributed by atoms with Crippen molar-refractivity contribution in [2.24, 2.45) is 4.99 Å². The third-order valence-electron chi connectivity index (χ3n) is 3.54. The zero-order valence-electron chi connectivity index (χ0n) is 12.9. The predicted octanol–water partition coefficient (Wildman–Crippen LogP) is 5.25. The van der Waals surface area contributed by atoms with E-state index in [-0.39, 0.29) is 5.91 Å². The second kappa shape index (κ2) is 6.93. The van der Waals surface area contributed by atoms with Gasteiger partial charge in [0.2, 0.25) is 0 Å². The quantitative estimate of drug-likeness (QED) is 0.575. The van der Waals surface area contributed by atoms with Crippen molar-refractivity contribution < 1.29 is 4.79 Å². The summed E-state index contributed by atoms with van der Waals surface area (Å²) in [5.41, 5.74) is 2.41. The molecule has 0 saturated carbocycles. The summed E-state index contributed by atoms with van der Waals surface area (Å²) >= 11 is 13.9. The van der Waals surface area contributed by atoms with Gasteiger partial charge in [0.1, 0.15) is 0 Å². The fourth-order valence-electron chi connectivity index (χ4n) is 2.33. The number of halogens is 2. The van der Waals surface area contributed by atoms with Gasteiger partial charge in [-0.15, -0.1) is 6.58 Å². The summed E-state index contributed by atoms with van der Waals surface area (Å²) in [7, 11) is 0. The minimum atomic E-state index is -0.290. The first-order chi connectivity index (χ1) is 11.5. The van der Waals surface area contributed by atoms with Crippen molar-refractivity contribution in [3.05, 3.63) is 75.0 Å². The number of allylic oxidation sites excluding steroid dienone is 1. The van der Waals surface area contributed by atoms with Gasteiger partial charge in [0, 0.05) is 12.1 Å². The lowest BCUT2D eigenvalue weighted by atomic mass is 10.1. The van der Waals surface area contributed by atoms with Crippen molar-refractivity contribution in [1.82, 2.24) is 4.57 Å². The maximum atomic E-state index is 12.5. The molecule has 3 rings (SSSR count). The van der Waals surface area contributed by atoms with Gasteiger partial charge in [-0.2, -0.15) is 4.99 Å². The van der Waals surface area contributed by atoms with Crippen molar-refractivity contribution in [3.8, 4) is 0 Å². The van der Waals surface area contributed by atoms with Gasteiger partial charge in [-0.05, 0) is 31.2 Å². The Morgan fingerprint density at radius 3 is 2.62 bits per heavy atom. The molecule has 0 saturated heterocycles. The highest BCUT2D eigenvalue weighted by atomic mass is 35.5. The van der Waals surface area contributed by atoms with Crippen LogP contribution in [0.2, 0.25) is 10.0 Å². The Morgan fingerprint density at radius 1 is 1.25 bits per heavy atom. The van der Waals surface area contributed by atoms with Crippen molar-refractivity contribution in [2.45, 2.75) is 13.5 Å². The number of hydrogen-bond donors (Lipinski definition) is 0. The van der Waals surface area contributed by atoms with E-state index >= 15 is 0 Å². The molecule has 0 aliphatic rings. The van der Waals surface area contributed by atoms with Crippen LogP contribution in [0.5, 0.6) is 0 Å². The molecule has 0 aliphatic carbocycles. The summed E-state index contributed by atoms with van der Waals surface area (Å²) in [4.78, 5) is 17.3. The lowest BCUT2D eigenvalue weighted by Gasteiger charge is -2.04. The third-order valence-corrected chi connectivity index (χ3v) is 5.38. The molecule has 1 heterocycles. The van der Waals surface area contributed by atoms with Gasteiger partial charge in [-0.25, -0.2) is 0 Å². The molecule has 24 heavy (non-hydrogen) atoms. The number of benzene rings is 2. The average molecular weight is 377 g/mol. The molecular formula is C18H14Cl2N2OS. The Labute approximate surface area is 153 Å². The van der Waals surface area contributed by atoms with Gasteiger partial charge >= 0.3 is 0 Å². The first-order valence-electron chi connectivity index (χ1n) is 7.25. The maximum Gasteiger partial charge on any atom is 0.279 e. The Bertz CT molecular complexity index is 1000. The minimum absolute atomic E-state index is 0.290. The Balaban J connectivity index is 2.19. The van der Waals surface area contributed by atoms with E-state index < -0.39 is 0 Å². The first-order valence-corrected chi connectivity index (χ1v) is 8.82. The van der Waals surface area contributed by atoms with Crippen molar-refractivity contribution in [3.63, 3.8) is 0 Å². The van der Waals surface area contributed by atoms with E-state index in [1.165, 1.54) is 11.3 Å². The summed E-state index contributed by atoms with van der Waals surface area (Å²) in [6, 6.07) is 11.0. The summed E-state index contributed by atoms with van der Waals surface area (Å²) in [6.07, 6.45) is 1.73. The monoisotopic (exact) mass is 376 g/mol.